The van der Waals surface area contributed by atoms with Gasteiger partial charge < -0.3 is 9.40 Å². The maximum Gasteiger partial charge on any atom is 0.331 e. The number of carbonyl (C=O) groups is 3. The highest BCUT2D eigenvalue weighted by atomic mass is 32.2. The highest BCUT2D eigenvalue weighted by molar-refractivity contribution is 7.99. The number of aromatic nitrogens is 1. The standard InChI is InChI=1S/C38H32N2O4S/c1-4-40-34-18-16-27(37(42)29-13-7-5-10-24(29)2)22-31(34)32-23-28(17-19-35(32)40)38(43)33(39-44-25(3)41)20-21-45-36-15-9-12-26-11-6-8-14-30(26)36/h5-19,22-23H,4,20-21H2,1-3H3/b39-33+. The number of hydrogen-bond donors (Lipinski definition) is 0. The van der Waals surface area contributed by atoms with E-state index in [0.29, 0.717) is 28.9 Å². The molecule has 0 aliphatic rings. The first-order valence-electron chi connectivity index (χ1n) is 14.9. The zero-order valence-corrected chi connectivity index (χ0v) is 26.2. The Hall–Kier alpha value is -5.01. The van der Waals surface area contributed by atoms with Gasteiger partial charge in [-0.2, -0.15) is 0 Å². The molecule has 1 heterocycles. The third-order valence-electron chi connectivity index (χ3n) is 7.99. The fraction of sp³-hybridized carbons (Fsp3) is 0.158. The topological polar surface area (TPSA) is 77.7 Å². The summed E-state index contributed by atoms with van der Waals surface area (Å²) in [7, 11) is 0. The van der Waals surface area contributed by atoms with Crippen molar-refractivity contribution < 1.29 is 19.2 Å². The second-order valence-corrected chi connectivity index (χ2v) is 12.0. The Balaban J connectivity index is 1.34. The summed E-state index contributed by atoms with van der Waals surface area (Å²) in [5.74, 6) is -0.364. The minimum atomic E-state index is -0.589. The van der Waals surface area contributed by atoms with Crippen LogP contribution < -0.4 is 0 Å². The third kappa shape index (κ3) is 6.04. The van der Waals surface area contributed by atoms with Gasteiger partial charge in [-0.05, 0) is 72.6 Å². The predicted octanol–water partition coefficient (Wildman–Crippen LogP) is 8.79. The molecule has 0 bridgehead atoms. The second-order valence-electron chi connectivity index (χ2n) is 10.9. The number of carbonyl (C=O) groups excluding carboxylic acids is 3. The molecule has 0 amide bonds. The van der Waals surface area contributed by atoms with Crippen LogP contribution >= 0.6 is 11.8 Å². The number of hydrogen-bond acceptors (Lipinski definition) is 6. The molecule has 6 aromatic rings. The van der Waals surface area contributed by atoms with E-state index in [4.69, 9.17) is 4.84 Å². The minimum absolute atomic E-state index is 0.0425. The number of oxime groups is 1. The zero-order chi connectivity index (χ0) is 31.5. The molecule has 45 heavy (non-hydrogen) atoms. The zero-order valence-electron chi connectivity index (χ0n) is 25.4. The molecule has 0 aliphatic heterocycles. The number of aryl methyl sites for hydroxylation is 2. The molecule has 6 rings (SSSR count). The van der Waals surface area contributed by atoms with Gasteiger partial charge in [-0.1, -0.05) is 65.8 Å². The van der Waals surface area contributed by atoms with Gasteiger partial charge in [-0.3, -0.25) is 9.59 Å². The van der Waals surface area contributed by atoms with Crippen LogP contribution in [-0.4, -0.2) is 33.6 Å². The van der Waals surface area contributed by atoms with E-state index >= 15 is 0 Å². The quantitative estimate of drug-likeness (QED) is 0.0508. The van der Waals surface area contributed by atoms with Gasteiger partial charge in [0.05, 0.1) is 0 Å². The van der Waals surface area contributed by atoms with Gasteiger partial charge in [0.2, 0.25) is 5.78 Å². The SMILES string of the molecule is CCn1c2ccc(C(=O)/C(CCSc3cccc4ccccc34)=N/OC(C)=O)cc2c2cc(C(=O)c3ccccc3C)ccc21. The highest BCUT2D eigenvalue weighted by Crippen LogP contribution is 2.32. The van der Waals surface area contributed by atoms with Crippen LogP contribution in [0.3, 0.4) is 0 Å². The maximum absolute atomic E-state index is 13.9. The molecule has 0 N–H and O–H groups in total. The molecular formula is C38H32N2O4S. The number of rotatable bonds is 10. The lowest BCUT2D eigenvalue weighted by Gasteiger charge is -2.08. The lowest BCUT2D eigenvalue weighted by molar-refractivity contribution is -0.140. The molecule has 0 atom stereocenters. The molecule has 0 fully saturated rings. The van der Waals surface area contributed by atoms with E-state index < -0.39 is 5.97 Å². The largest absolute Gasteiger partial charge is 0.341 e. The molecule has 0 saturated heterocycles. The van der Waals surface area contributed by atoms with Gasteiger partial charge in [0.25, 0.3) is 0 Å². The van der Waals surface area contributed by atoms with Crippen LogP contribution in [0.25, 0.3) is 32.6 Å². The van der Waals surface area contributed by atoms with E-state index in [1.807, 2.05) is 79.7 Å². The fourth-order valence-corrected chi connectivity index (χ4v) is 6.81. The lowest BCUT2D eigenvalue weighted by atomic mass is 9.97. The lowest BCUT2D eigenvalue weighted by Crippen LogP contribution is -2.16. The summed E-state index contributed by atoms with van der Waals surface area (Å²) >= 11 is 1.63. The van der Waals surface area contributed by atoms with Gasteiger partial charge in [0, 0.05) is 69.0 Å². The summed E-state index contributed by atoms with van der Waals surface area (Å²) in [6.45, 7) is 5.99. The maximum atomic E-state index is 13.9. The smallest absolute Gasteiger partial charge is 0.331 e. The number of Topliss-reactive ketones (excluding diaryl/α,β-unsaturated/α-hetero) is 1. The Morgan fingerprint density at radius 1 is 0.778 bits per heavy atom. The van der Waals surface area contributed by atoms with Crippen LogP contribution in [0.2, 0.25) is 0 Å². The number of nitrogens with zero attached hydrogens (tertiary/aromatic N) is 2. The molecule has 224 valence electrons. The predicted molar refractivity (Wildman–Crippen MR) is 183 cm³/mol. The van der Waals surface area contributed by atoms with Crippen LogP contribution in [0.4, 0.5) is 0 Å². The van der Waals surface area contributed by atoms with E-state index in [-0.39, 0.29) is 17.3 Å². The molecule has 0 aliphatic carbocycles. The Bertz CT molecular complexity index is 2140. The summed E-state index contributed by atoms with van der Waals surface area (Å²) < 4.78 is 2.18. The van der Waals surface area contributed by atoms with E-state index in [9.17, 15) is 14.4 Å². The average molecular weight is 613 g/mol. The van der Waals surface area contributed by atoms with Gasteiger partial charge in [0.15, 0.2) is 5.78 Å². The van der Waals surface area contributed by atoms with Crippen molar-refractivity contribution in [1.29, 1.82) is 0 Å². The van der Waals surface area contributed by atoms with Gasteiger partial charge >= 0.3 is 5.97 Å². The molecule has 0 spiro atoms. The van der Waals surface area contributed by atoms with Gasteiger partial charge in [0.1, 0.15) is 5.71 Å². The first kappa shape index (κ1) is 30.0. The Morgan fingerprint density at radius 2 is 1.44 bits per heavy atom. The number of ketones is 2. The van der Waals surface area contributed by atoms with Crippen molar-refractivity contribution in [2.24, 2.45) is 5.16 Å². The summed E-state index contributed by atoms with van der Waals surface area (Å²) in [5, 5.41) is 8.05. The van der Waals surface area contributed by atoms with Gasteiger partial charge in [-0.15, -0.1) is 11.8 Å². The molecule has 6 nitrogen and oxygen atoms in total. The Labute approximate surface area is 265 Å². The van der Waals surface area contributed by atoms with Crippen molar-refractivity contribution in [3.63, 3.8) is 0 Å². The molecule has 7 heteroatoms. The highest BCUT2D eigenvalue weighted by Gasteiger charge is 2.20. The van der Waals surface area contributed by atoms with E-state index in [2.05, 4.69) is 40.9 Å². The Morgan fingerprint density at radius 3 is 2.18 bits per heavy atom. The molecular weight excluding hydrogens is 580 g/mol. The average Bonchev–Trinajstić information content (AvgIpc) is 3.38. The van der Waals surface area contributed by atoms with E-state index in [0.717, 1.165) is 49.6 Å². The molecule has 0 unspecified atom stereocenters. The van der Waals surface area contributed by atoms with Crippen molar-refractivity contribution in [2.45, 2.75) is 38.6 Å². The van der Waals surface area contributed by atoms with Crippen molar-refractivity contribution >= 4 is 67.6 Å². The number of fused-ring (bicyclic) bond motifs is 4. The van der Waals surface area contributed by atoms with Gasteiger partial charge in [-0.25, -0.2) is 4.79 Å². The van der Waals surface area contributed by atoms with Crippen LogP contribution in [0.15, 0.2) is 113 Å². The molecule has 0 saturated carbocycles. The number of benzene rings is 5. The fourth-order valence-electron chi connectivity index (χ4n) is 5.78. The second kappa shape index (κ2) is 12.9. The Kier molecular flexibility index (Phi) is 8.62. The van der Waals surface area contributed by atoms with Crippen molar-refractivity contribution in [2.75, 3.05) is 5.75 Å². The normalized spacial score (nSPS) is 11.8. The van der Waals surface area contributed by atoms with E-state index in [1.54, 1.807) is 17.8 Å². The first-order chi connectivity index (χ1) is 21.9. The van der Waals surface area contributed by atoms with Crippen LogP contribution in [-0.2, 0) is 16.2 Å². The summed E-state index contributed by atoms with van der Waals surface area (Å²) in [5.41, 5.74) is 4.74. The molecule has 5 aromatic carbocycles. The summed E-state index contributed by atoms with van der Waals surface area (Å²) in [4.78, 5) is 45.1. The number of thioether (sulfide) groups is 1. The molecule has 0 radical (unpaired) electrons. The monoisotopic (exact) mass is 612 g/mol. The first-order valence-corrected chi connectivity index (χ1v) is 15.9. The van der Waals surface area contributed by atoms with Crippen LogP contribution in [0, 0.1) is 6.92 Å². The van der Waals surface area contributed by atoms with Crippen molar-refractivity contribution in [1.82, 2.24) is 4.57 Å². The van der Waals surface area contributed by atoms with Crippen LogP contribution in [0.5, 0.6) is 0 Å². The van der Waals surface area contributed by atoms with E-state index in [1.165, 1.54) is 6.92 Å². The molecule has 1 aromatic heterocycles. The minimum Gasteiger partial charge on any atom is -0.341 e. The van der Waals surface area contributed by atoms with Crippen molar-refractivity contribution in [3.8, 4) is 0 Å². The summed E-state index contributed by atoms with van der Waals surface area (Å²) in [6, 6.07) is 33.2. The van der Waals surface area contributed by atoms with Crippen molar-refractivity contribution in [3.05, 3.63) is 125 Å². The third-order valence-corrected chi connectivity index (χ3v) is 9.06. The van der Waals surface area contributed by atoms with Crippen LogP contribution in [0.1, 0.15) is 52.1 Å². The summed E-state index contributed by atoms with van der Waals surface area (Å²) in [6.07, 6.45) is 0.309.